The Morgan fingerprint density at radius 1 is 0.905 bits per heavy atom. The van der Waals surface area contributed by atoms with E-state index in [0.29, 0.717) is 0 Å². The number of ether oxygens (including phenoxy) is 1. The number of carbonyl (C=O) groups is 1. The number of anilines is 1. The van der Waals surface area contributed by atoms with Crippen molar-refractivity contribution in [1.29, 1.82) is 0 Å². The second-order valence-electron chi connectivity index (χ2n) is 5.41. The molecule has 1 aliphatic rings. The zero-order valence-electron chi connectivity index (χ0n) is 11.9. The zero-order chi connectivity index (χ0) is 14.5. The van der Waals surface area contributed by atoms with E-state index in [1.54, 1.807) is 0 Å². The molecule has 1 amide bonds. The zero-order valence-corrected chi connectivity index (χ0v) is 11.9. The van der Waals surface area contributed by atoms with Crippen LogP contribution in [-0.2, 0) is 4.79 Å². The molecule has 0 unspecified atom stereocenters. The summed E-state index contributed by atoms with van der Waals surface area (Å²) < 4.78 is 5.73. The van der Waals surface area contributed by atoms with E-state index in [2.05, 4.69) is 5.32 Å². The molecule has 3 rings (SSSR count). The maximum absolute atomic E-state index is 12.0. The van der Waals surface area contributed by atoms with Crippen molar-refractivity contribution >= 4 is 11.6 Å². The Labute approximate surface area is 124 Å². The second kappa shape index (κ2) is 6.44. The number of hydrogen-bond acceptors (Lipinski definition) is 2. The van der Waals surface area contributed by atoms with E-state index < -0.39 is 0 Å². The first-order valence-corrected chi connectivity index (χ1v) is 7.45. The van der Waals surface area contributed by atoms with Gasteiger partial charge in [-0.05, 0) is 49.2 Å². The third-order valence-electron chi connectivity index (χ3n) is 3.83. The number of amides is 1. The molecule has 1 N–H and O–H groups in total. The quantitative estimate of drug-likeness (QED) is 0.889. The summed E-state index contributed by atoms with van der Waals surface area (Å²) >= 11 is 0. The van der Waals surface area contributed by atoms with Gasteiger partial charge in [-0.15, -0.1) is 0 Å². The van der Waals surface area contributed by atoms with E-state index in [-0.39, 0.29) is 11.8 Å². The summed E-state index contributed by atoms with van der Waals surface area (Å²) in [5.74, 6) is 1.90. The van der Waals surface area contributed by atoms with Gasteiger partial charge >= 0.3 is 0 Å². The van der Waals surface area contributed by atoms with Gasteiger partial charge in [0, 0.05) is 11.6 Å². The van der Waals surface area contributed by atoms with E-state index in [0.717, 1.165) is 30.0 Å². The van der Waals surface area contributed by atoms with Crippen molar-refractivity contribution in [3.8, 4) is 11.5 Å². The highest BCUT2D eigenvalue weighted by molar-refractivity contribution is 5.92. The van der Waals surface area contributed by atoms with E-state index in [9.17, 15) is 4.79 Å². The summed E-state index contributed by atoms with van der Waals surface area (Å²) in [4.78, 5) is 12.0. The van der Waals surface area contributed by atoms with Gasteiger partial charge in [0.2, 0.25) is 5.91 Å². The van der Waals surface area contributed by atoms with Crippen LogP contribution in [0, 0.1) is 5.92 Å². The smallest absolute Gasteiger partial charge is 0.227 e. The maximum Gasteiger partial charge on any atom is 0.227 e. The Hall–Kier alpha value is -2.29. The van der Waals surface area contributed by atoms with E-state index in [1.807, 2.05) is 54.6 Å². The first-order chi connectivity index (χ1) is 10.3. The lowest BCUT2D eigenvalue weighted by Gasteiger charge is -2.11. The second-order valence-corrected chi connectivity index (χ2v) is 5.41. The SMILES string of the molecule is O=C(Nc1ccc(Oc2ccccc2)cc1)C1CCCC1. The summed E-state index contributed by atoms with van der Waals surface area (Å²) in [6.07, 6.45) is 4.37. The molecule has 0 aliphatic heterocycles. The molecule has 1 aliphatic carbocycles. The van der Waals surface area contributed by atoms with Crippen LogP contribution in [0.2, 0.25) is 0 Å². The lowest BCUT2D eigenvalue weighted by atomic mass is 10.1. The first-order valence-electron chi connectivity index (χ1n) is 7.45. The number of rotatable bonds is 4. The summed E-state index contributed by atoms with van der Waals surface area (Å²) in [5.41, 5.74) is 0.826. The van der Waals surface area contributed by atoms with Crippen LogP contribution in [0.1, 0.15) is 25.7 Å². The molecular formula is C18H19NO2. The van der Waals surface area contributed by atoms with Crippen LogP contribution in [0.25, 0.3) is 0 Å². The molecule has 0 aromatic heterocycles. The molecule has 1 fully saturated rings. The lowest BCUT2D eigenvalue weighted by Crippen LogP contribution is -2.20. The maximum atomic E-state index is 12.0. The highest BCUT2D eigenvalue weighted by atomic mass is 16.5. The molecule has 2 aromatic carbocycles. The van der Waals surface area contributed by atoms with Gasteiger partial charge in [0.05, 0.1) is 0 Å². The van der Waals surface area contributed by atoms with Crippen molar-refractivity contribution in [2.24, 2.45) is 5.92 Å². The highest BCUT2D eigenvalue weighted by Crippen LogP contribution is 2.27. The predicted molar refractivity (Wildman–Crippen MR) is 83.5 cm³/mol. The van der Waals surface area contributed by atoms with Gasteiger partial charge < -0.3 is 10.1 Å². The topological polar surface area (TPSA) is 38.3 Å². The molecule has 0 bridgehead atoms. The minimum Gasteiger partial charge on any atom is -0.457 e. The molecule has 2 aromatic rings. The van der Waals surface area contributed by atoms with E-state index in [1.165, 1.54) is 12.8 Å². The molecule has 1 saturated carbocycles. The third kappa shape index (κ3) is 3.63. The van der Waals surface area contributed by atoms with E-state index >= 15 is 0 Å². The largest absolute Gasteiger partial charge is 0.457 e. The fourth-order valence-corrected chi connectivity index (χ4v) is 2.66. The summed E-state index contributed by atoms with van der Waals surface area (Å²) in [6.45, 7) is 0. The summed E-state index contributed by atoms with van der Waals surface area (Å²) in [6, 6.07) is 17.2. The Morgan fingerprint density at radius 3 is 2.19 bits per heavy atom. The normalized spacial score (nSPS) is 14.9. The van der Waals surface area contributed by atoms with Gasteiger partial charge in [-0.25, -0.2) is 0 Å². The average molecular weight is 281 g/mol. The van der Waals surface area contributed by atoms with Crippen LogP contribution >= 0.6 is 0 Å². The van der Waals surface area contributed by atoms with Crippen LogP contribution in [0.5, 0.6) is 11.5 Å². The van der Waals surface area contributed by atoms with Gasteiger partial charge in [0.15, 0.2) is 0 Å². The number of nitrogens with one attached hydrogen (secondary N) is 1. The Morgan fingerprint density at radius 2 is 1.52 bits per heavy atom. The monoisotopic (exact) mass is 281 g/mol. The third-order valence-corrected chi connectivity index (χ3v) is 3.83. The molecule has 0 atom stereocenters. The number of carbonyl (C=O) groups excluding carboxylic acids is 1. The van der Waals surface area contributed by atoms with Crippen molar-refractivity contribution < 1.29 is 9.53 Å². The first kappa shape index (κ1) is 13.7. The summed E-state index contributed by atoms with van der Waals surface area (Å²) in [7, 11) is 0. The molecule has 21 heavy (non-hydrogen) atoms. The lowest BCUT2D eigenvalue weighted by molar-refractivity contribution is -0.119. The molecule has 0 spiro atoms. The van der Waals surface area contributed by atoms with Crippen LogP contribution in [0.3, 0.4) is 0 Å². The molecule has 0 saturated heterocycles. The van der Waals surface area contributed by atoms with Crippen molar-refractivity contribution in [3.63, 3.8) is 0 Å². The van der Waals surface area contributed by atoms with E-state index in [4.69, 9.17) is 4.74 Å². The predicted octanol–water partition coefficient (Wildman–Crippen LogP) is 4.61. The van der Waals surface area contributed by atoms with Gasteiger partial charge in [-0.2, -0.15) is 0 Å². The van der Waals surface area contributed by atoms with Crippen molar-refractivity contribution in [1.82, 2.24) is 0 Å². The van der Waals surface area contributed by atoms with Crippen LogP contribution in [-0.4, -0.2) is 5.91 Å². The fraction of sp³-hybridized carbons (Fsp3) is 0.278. The number of para-hydroxylation sites is 1. The Bertz CT molecular complexity index is 586. The minimum absolute atomic E-state index is 0.143. The standard InChI is InChI=1S/C18H19NO2/c20-18(14-6-4-5-7-14)19-15-10-12-17(13-11-15)21-16-8-2-1-3-9-16/h1-3,8-14H,4-7H2,(H,19,20). The van der Waals surface area contributed by atoms with Crippen LogP contribution in [0.15, 0.2) is 54.6 Å². The molecule has 3 nitrogen and oxygen atoms in total. The Kier molecular flexibility index (Phi) is 4.20. The van der Waals surface area contributed by atoms with Gasteiger partial charge in [-0.3, -0.25) is 4.79 Å². The van der Waals surface area contributed by atoms with Crippen LogP contribution < -0.4 is 10.1 Å². The number of benzene rings is 2. The molecular weight excluding hydrogens is 262 g/mol. The number of hydrogen-bond donors (Lipinski definition) is 1. The van der Waals surface area contributed by atoms with Crippen molar-refractivity contribution in [3.05, 3.63) is 54.6 Å². The molecule has 0 heterocycles. The Balaban J connectivity index is 1.60. The molecule has 108 valence electrons. The van der Waals surface area contributed by atoms with Crippen LogP contribution in [0.4, 0.5) is 5.69 Å². The van der Waals surface area contributed by atoms with Gasteiger partial charge in [0.1, 0.15) is 11.5 Å². The molecule has 3 heteroatoms. The van der Waals surface area contributed by atoms with Crippen molar-refractivity contribution in [2.75, 3.05) is 5.32 Å². The van der Waals surface area contributed by atoms with Crippen molar-refractivity contribution in [2.45, 2.75) is 25.7 Å². The average Bonchev–Trinajstić information content (AvgIpc) is 3.05. The summed E-state index contributed by atoms with van der Waals surface area (Å²) in [5, 5.41) is 2.98. The van der Waals surface area contributed by atoms with Gasteiger partial charge in [0.25, 0.3) is 0 Å². The highest BCUT2D eigenvalue weighted by Gasteiger charge is 2.22. The minimum atomic E-state index is 0.143. The van der Waals surface area contributed by atoms with Gasteiger partial charge in [-0.1, -0.05) is 31.0 Å². The fourth-order valence-electron chi connectivity index (χ4n) is 2.66. The molecule has 0 radical (unpaired) electrons.